The van der Waals surface area contributed by atoms with Crippen LogP contribution in [0.2, 0.25) is 0 Å². The number of benzene rings is 6. The molecule has 0 fully saturated rings. The normalized spacial score (nSPS) is 14.0. The molecule has 0 unspecified atom stereocenters. The van der Waals surface area contributed by atoms with Crippen LogP contribution in [0.1, 0.15) is 66.3 Å². The average molecular weight is 921 g/mol. The molecular weight excluding hydrogens is 861 g/mol. The zero-order chi connectivity index (χ0) is 47.9. The fraction of sp³-hybridized carbons (Fsp3) is 0.250. The van der Waals surface area contributed by atoms with Crippen LogP contribution in [0.4, 0.5) is 39.8 Å². The van der Waals surface area contributed by atoms with Gasteiger partial charge in [-0.15, -0.1) is 0 Å². The number of hydrogen-bond acceptors (Lipinski definition) is 9. The molecule has 0 saturated heterocycles. The minimum absolute atomic E-state index is 0.707. The van der Waals surface area contributed by atoms with Crippen molar-refractivity contribution in [3.05, 3.63) is 222 Å². The molecule has 3 aliphatic rings. The summed E-state index contributed by atoms with van der Waals surface area (Å²) < 4.78 is 0. The minimum atomic E-state index is 0.707. The molecule has 0 aliphatic carbocycles. The SMILES string of the molecule is [C-]#[N+]c1cc(N2C=CN(c3ccccc3)C2)ccc1CCCCN(CCCCc1ccc(N2C=CN(c3ccccc3)C2)cc1C#N)CCCCc1ccc(N2C=CN(c3ccccc3)C2)cc1C#N. The fourth-order valence-electron chi connectivity index (χ4n) is 9.59. The van der Waals surface area contributed by atoms with Gasteiger partial charge in [0.15, 0.2) is 5.69 Å². The molecule has 10 heteroatoms. The van der Waals surface area contributed by atoms with E-state index >= 15 is 0 Å². The van der Waals surface area contributed by atoms with Crippen LogP contribution in [0.3, 0.4) is 0 Å². The highest BCUT2D eigenvalue weighted by atomic mass is 15.4. The summed E-state index contributed by atoms with van der Waals surface area (Å²) in [4.78, 5) is 19.7. The van der Waals surface area contributed by atoms with Crippen molar-refractivity contribution >= 4 is 39.8 Å². The van der Waals surface area contributed by atoms with E-state index in [1.54, 1.807) is 0 Å². The van der Waals surface area contributed by atoms with E-state index in [9.17, 15) is 10.5 Å². The lowest BCUT2D eigenvalue weighted by Crippen LogP contribution is -2.27. The van der Waals surface area contributed by atoms with Crippen LogP contribution in [0.5, 0.6) is 0 Å². The molecule has 0 amide bonds. The molecule has 0 N–H and O–H groups in total. The van der Waals surface area contributed by atoms with Crippen LogP contribution in [-0.4, -0.2) is 44.5 Å². The van der Waals surface area contributed by atoms with Gasteiger partial charge in [-0.25, -0.2) is 4.85 Å². The highest BCUT2D eigenvalue weighted by molar-refractivity contribution is 5.67. The van der Waals surface area contributed by atoms with Gasteiger partial charge >= 0.3 is 0 Å². The molecule has 0 atom stereocenters. The first-order valence-corrected chi connectivity index (χ1v) is 24.6. The molecular formula is C60H60N10. The molecule has 6 aromatic rings. The Labute approximate surface area is 414 Å². The first-order chi connectivity index (χ1) is 34.5. The lowest BCUT2D eigenvalue weighted by molar-refractivity contribution is 0.257. The zero-order valence-corrected chi connectivity index (χ0v) is 39.9. The van der Waals surface area contributed by atoms with E-state index in [1.165, 1.54) is 0 Å². The van der Waals surface area contributed by atoms with Crippen LogP contribution < -0.4 is 29.4 Å². The molecule has 0 saturated carbocycles. The summed E-state index contributed by atoms with van der Waals surface area (Å²) in [5.74, 6) is 0. The molecule has 350 valence electrons. The Hall–Kier alpha value is -8.23. The Morgan fingerprint density at radius 3 is 1.09 bits per heavy atom. The van der Waals surface area contributed by atoms with Crippen molar-refractivity contribution in [1.82, 2.24) is 4.90 Å². The van der Waals surface area contributed by atoms with Gasteiger partial charge in [0.2, 0.25) is 0 Å². The highest BCUT2D eigenvalue weighted by Crippen LogP contribution is 2.32. The third-order valence-corrected chi connectivity index (χ3v) is 13.6. The standard InChI is InChI=1S/C60H60N10/c1-63-60-43-59(70-40-37-67(48-70)56-24-9-4-10-25-56)31-28-51(60)19-13-16-34-64(32-14-11-17-49-26-29-57(41-52(49)44-61)68-38-35-65(46-68)54-20-5-2-6-21-54)33-15-12-18-50-27-30-58(42-53(50)45-62)69-39-36-66(47-69)55-22-7-3-8-23-55/h2-10,20-31,35-43H,11-19,32-34,46-48H2. The summed E-state index contributed by atoms with van der Waals surface area (Å²) in [5.41, 5.74) is 12.0. The maximum Gasteiger partial charge on any atom is 0.192 e. The maximum absolute atomic E-state index is 10.2. The molecule has 0 radical (unpaired) electrons. The Bertz CT molecular complexity index is 2590. The van der Waals surface area contributed by atoms with Crippen molar-refractivity contribution in [3.63, 3.8) is 0 Å². The second-order valence-electron chi connectivity index (χ2n) is 18.2. The first-order valence-electron chi connectivity index (χ1n) is 24.6. The minimum Gasteiger partial charge on any atom is -0.329 e. The van der Waals surface area contributed by atoms with Gasteiger partial charge in [0.05, 0.1) is 49.8 Å². The monoisotopic (exact) mass is 921 g/mol. The lowest BCUT2D eigenvalue weighted by Gasteiger charge is -2.23. The largest absolute Gasteiger partial charge is 0.329 e. The number of aryl methyl sites for hydroxylation is 3. The van der Waals surface area contributed by atoms with E-state index in [1.807, 2.05) is 36.4 Å². The summed E-state index contributed by atoms with van der Waals surface area (Å²) in [6.07, 6.45) is 21.2. The summed E-state index contributed by atoms with van der Waals surface area (Å²) in [5, 5.41) is 20.4. The van der Waals surface area contributed by atoms with E-state index in [2.05, 4.69) is 198 Å². The Morgan fingerprint density at radius 1 is 0.400 bits per heavy atom. The van der Waals surface area contributed by atoms with E-state index < -0.39 is 0 Å². The highest BCUT2D eigenvalue weighted by Gasteiger charge is 2.20. The van der Waals surface area contributed by atoms with E-state index in [-0.39, 0.29) is 0 Å². The van der Waals surface area contributed by atoms with Crippen molar-refractivity contribution in [3.8, 4) is 12.1 Å². The molecule has 70 heavy (non-hydrogen) atoms. The average Bonchev–Trinajstić information content (AvgIpc) is 4.24. The smallest absolute Gasteiger partial charge is 0.192 e. The molecule has 9 rings (SSSR count). The Morgan fingerprint density at radius 2 is 0.729 bits per heavy atom. The maximum atomic E-state index is 10.2. The summed E-state index contributed by atoms with van der Waals surface area (Å²) in [6.45, 7) is 13.1. The molecule has 3 heterocycles. The third-order valence-electron chi connectivity index (χ3n) is 13.6. The number of unbranched alkanes of at least 4 members (excludes halogenated alkanes) is 3. The van der Waals surface area contributed by atoms with E-state index in [0.29, 0.717) is 20.0 Å². The van der Waals surface area contributed by atoms with Gasteiger partial charge in [0.1, 0.15) is 0 Å². The van der Waals surface area contributed by atoms with Crippen LogP contribution in [0, 0.1) is 29.2 Å². The number of para-hydroxylation sites is 3. The van der Waals surface area contributed by atoms with Gasteiger partial charge in [0.25, 0.3) is 0 Å². The second-order valence-corrected chi connectivity index (χ2v) is 18.2. The topological polar surface area (TPSA) is 74.6 Å². The van der Waals surface area contributed by atoms with Crippen LogP contribution in [-0.2, 0) is 19.3 Å². The number of rotatable bonds is 21. The van der Waals surface area contributed by atoms with Gasteiger partial charge in [-0.2, -0.15) is 10.5 Å². The third kappa shape index (κ3) is 11.7. The number of nitrogens with zero attached hydrogens (tertiary/aromatic N) is 10. The zero-order valence-electron chi connectivity index (χ0n) is 39.9. The molecule has 6 aromatic carbocycles. The van der Waals surface area contributed by atoms with Crippen molar-refractivity contribution in [2.75, 3.05) is 69.0 Å². The van der Waals surface area contributed by atoms with Crippen LogP contribution in [0.15, 0.2) is 183 Å². The molecule has 10 nitrogen and oxygen atoms in total. The summed E-state index contributed by atoms with van der Waals surface area (Å²) in [6, 6.07) is 55.0. The lowest BCUT2D eigenvalue weighted by atomic mass is 10.0. The molecule has 0 aromatic heterocycles. The van der Waals surface area contributed by atoms with Crippen molar-refractivity contribution in [2.24, 2.45) is 0 Å². The van der Waals surface area contributed by atoms with Gasteiger partial charge in [-0.05, 0) is 167 Å². The van der Waals surface area contributed by atoms with Crippen LogP contribution >= 0.6 is 0 Å². The molecule has 0 bridgehead atoms. The fourth-order valence-corrected chi connectivity index (χ4v) is 9.59. The van der Waals surface area contributed by atoms with Crippen LogP contribution in [0.25, 0.3) is 4.85 Å². The predicted octanol–water partition coefficient (Wildman–Crippen LogP) is 12.9. The van der Waals surface area contributed by atoms with Crippen molar-refractivity contribution in [2.45, 2.75) is 57.8 Å². The number of anilines is 6. The van der Waals surface area contributed by atoms with E-state index in [0.717, 1.165) is 145 Å². The van der Waals surface area contributed by atoms with Gasteiger partial charge in [0, 0.05) is 71.3 Å². The van der Waals surface area contributed by atoms with Gasteiger partial charge in [-0.1, -0.05) is 72.8 Å². The van der Waals surface area contributed by atoms with Crippen molar-refractivity contribution < 1.29 is 0 Å². The number of hydrogen-bond donors (Lipinski definition) is 0. The Kier molecular flexibility index (Phi) is 15.5. The molecule has 0 spiro atoms. The number of nitriles is 2. The van der Waals surface area contributed by atoms with Crippen molar-refractivity contribution in [1.29, 1.82) is 10.5 Å². The molecule has 3 aliphatic heterocycles. The quantitative estimate of drug-likeness (QED) is 0.0518. The first kappa shape index (κ1) is 46.9. The van der Waals surface area contributed by atoms with Gasteiger partial charge < -0.3 is 34.3 Å². The summed E-state index contributed by atoms with van der Waals surface area (Å²) in [7, 11) is 0. The van der Waals surface area contributed by atoms with E-state index in [4.69, 9.17) is 6.57 Å². The second kappa shape index (κ2) is 23.2. The predicted molar refractivity (Wildman–Crippen MR) is 286 cm³/mol. The summed E-state index contributed by atoms with van der Waals surface area (Å²) >= 11 is 0. The van der Waals surface area contributed by atoms with Gasteiger partial charge in [-0.3, -0.25) is 0 Å². The Balaban J connectivity index is 0.784.